The highest BCUT2D eigenvalue weighted by molar-refractivity contribution is 6.05. The van der Waals surface area contributed by atoms with Crippen molar-refractivity contribution in [1.29, 1.82) is 0 Å². The van der Waals surface area contributed by atoms with Gasteiger partial charge in [-0.15, -0.1) is 0 Å². The van der Waals surface area contributed by atoms with Crippen molar-refractivity contribution in [3.8, 4) is 29.0 Å². The summed E-state index contributed by atoms with van der Waals surface area (Å²) in [7, 11) is 0. The number of benzene rings is 1. The Morgan fingerprint density at radius 1 is 1.26 bits per heavy atom. The molecule has 0 spiro atoms. The normalized spacial score (nSPS) is 15.7. The van der Waals surface area contributed by atoms with Crippen LogP contribution in [0.3, 0.4) is 0 Å². The molecule has 10 heteroatoms. The van der Waals surface area contributed by atoms with Crippen LogP contribution < -0.4 is 15.8 Å². The zero-order valence-corrected chi connectivity index (χ0v) is 20.0. The Morgan fingerprint density at radius 2 is 2.00 bits per heavy atom. The molecule has 9 nitrogen and oxygen atoms in total. The number of halogens is 1. The molecule has 2 aromatic rings. The topological polar surface area (TPSA) is 123 Å². The van der Waals surface area contributed by atoms with Crippen LogP contribution in [0.1, 0.15) is 59.7 Å². The molecule has 35 heavy (non-hydrogen) atoms. The molecule has 4 N–H and O–H groups in total. The zero-order valence-electron chi connectivity index (χ0n) is 20.0. The van der Waals surface area contributed by atoms with Crippen LogP contribution in [-0.4, -0.2) is 69.8 Å². The molecule has 0 aliphatic carbocycles. The van der Waals surface area contributed by atoms with Crippen molar-refractivity contribution in [1.82, 2.24) is 19.8 Å². The maximum atomic E-state index is 14.7. The van der Waals surface area contributed by atoms with Gasteiger partial charge in [0.15, 0.2) is 5.69 Å². The van der Waals surface area contributed by atoms with E-state index >= 15 is 0 Å². The molecule has 186 valence electrons. The van der Waals surface area contributed by atoms with E-state index in [4.69, 9.17) is 10.5 Å². The lowest BCUT2D eigenvalue weighted by molar-refractivity contribution is 0.0920. The monoisotopic (exact) mass is 483 g/mol. The second kappa shape index (κ2) is 10.1. The molecule has 2 aliphatic heterocycles. The Morgan fingerprint density at radius 3 is 2.69 bits per heavy atom. The molecule has 4 rings (SSSR count). The number of nitrogens with two attached hydrogens (primary N) is 1. The molecule has 2 aliphatic rings. The number of rotatable bonds is 5. The number of fused-ring (bicyclic) bond motifs is 3. The van der Waals surface area contributed by atoms with E-state index in [0.29, 0.717) is 18.7 Å². The highest BCUT2D eigenvalue weighted by Gasteiger charge is 2.30. The number of aliphatic hydroxyl groups is 1. The Balaban J connectivity index is 1.68. The van der Waals surface area contributed by atoms with Crippen LogP contribution in [0.25, 0.3) is 11.4 Å². The number of ether oxygens (including phenoxy) is 1. The third-order valence-corrected chi connectivity index (χ3v) is 5.96. The van der Waals surface area contributed by atoms with Crippen molar-refractivity contribution in [2.24, 2.45) is 5.73 Å². The number of imidazole rings is 1. The molecule has 0 bridgehead atoms. The molecule has 0 unspecified atom stereocenters. The number of piperidine rings is 1. The summed E-state index contributed by atoms with van der Waals surface area (Å²) >= 11 is 0. The summed E-state index contributed by atoms with van der Waals surface area (Å²) in [5.41, 5.74) is 4.56. The summed E-state index contributed by atoms with van der Waals surface area (Å²) in [6, 6.07) is 2.63. The van der Waals surface area contributed by atoms with Crippen LogP contribution in [0.4, 0.5) is 4.39 Å². The quantitative estimate of drug-likeness (QED) is 0.555. The van der Waals surface area contributed by atoms with Gasteiger partial charge in [0, 0.05) is 19.2 Å². The van der Waals surface area contributed by atoms with Gasteiger partial charge in [-0.3, -0.25) is 9.59 Å². The van der Waals surface area contributed by atoms with Crippen LogP contribution in [0.5, 0.6) is 5.75 Å². The summed E-state index contributed by atoms with van der Waals surface area (Å²) in [5, 5.41) is 12.8. The summed E-state index contributed by atoms with van der Waals surface area (Å²) in [6.45, 7) is 6.49. The Hall–Kier alpha value is -3.42. The number of nitrogens with zero attached hydrogens (tertiary/aromatic N) is 3. The predicted octanol–water partition coefficient (Wildman–Crippen LogP) is 1.52. The number of nitrogens with one attached hydrogen (secondary N) is 1. The van der Waals surface area contributed by atoms with Gasteiger partial charge in [0.2, 0.25) is 0 Å². The van der Waals surface area contributed by atoms with Gasteiger partial charge in [-0.25, -0.2) is 9.37 Å². The SMILES string of the molecule is CC(C)(O)C#Cc1cc2c(cc1F)OCCn1c-2nc(C(N)=O)c1C(=O)NCCN1CCCCC1. The van der Waals surface area contributed by atoms with Gasteiger partial charge in [-0.1, -0.05) is 18.3 Å². The molecule has 1 fully saturated rings. The van der Waals surface area contributed by atoms with Gasteiger partial charge in [0.1, 0.15) is 35.3 Å². The fourth-order valence-electron chi connectivity index (χ4n) is 4.28. The molecule has 3 heterocycles. The minimum absolute atomic E-state index is 0.0269. The largest absolute Gasteiger partial charge is 0.491 e. The van der Waals surface area contributed by atoms with E-state index in [0.717, 1.165) is 25.9 Å². The van der Waals surface area contributed by atoms with Crippen LogP contribution in [0.2, 0.25) is 0 Å². The van der Waals surface area contributed by atoms with E-state index in [1.807, 2.05) is 0 Å². The first kappa shape index (κ1) is 24.7. The Bertz CT molecular complexity index is 1200. The van der Waals surface area contributed by atoms with Crippen LogP contribution >= 0.6 is 0 Å². The van der Waals surface area contributed by atoms with E-state index in [2.05, 4.69) is 27.0 Å². The van der Waals surface area contributed by atoms with Crippen LogP contribution in [0.15, 0.2) is 12.1 Å². The molecule has 0 saturated carbocycles. The Kier molecular flexibility index (Phi) is 7.10. The van der Waals surface area contributed by atoms with E-state index in [1.54, 1.807) is 4.57 Å². The predicted molar refractivity (Wildman–Crippen MR) is 127 cm³/mol. The van der Waals surface area contributed by atoms with Crippen molar-refractivity contribution in [3.05, 3.63) is 34.9 Å². The van der Waals surface area contributed by atoms with Crippen molar-refractivity contribution in [3.63, 3.8) is 0 Å². The maximum absolute atomic E-state index is 14.7. The number of amides is 2. The van der Waals surface area contributed by atoms with Gasteiger partial charge >= 0.3 is 0 Å². The molecule has 1 aromatic carbocycles. The van der Waals surface area contributed by atoms with Crippen LogP contribution in [0, 0.1) is 17.7 Å². The fourth-order valence-corrected chi connectivity index (χ4v) is 4.28. The molecule has 1 aromatic heterocycles. The first-order chi connectivity index (χ1) is 16.6. The van der Waals surface area contributed by atoms with Gasteiger partial charge in [0.05, 0.1) is 17.7 Å². The van der Waals surface area contributed by atoms with Gasteiger partial charge in [-0.2, -0.15) is 0 Å². The Labute approximate surface area is 203 Å². The van der Waals surface area contributed by atoms with E-state index in [1.165, 1.54) is 32.4 Å². The van der Waals surface area contributed by atoms with E-state index in [-0.39, 0.29) is 41.7 Å². The number of hydrogen-bond donors (Lipinski definition) is 3. The lowest BCUT2D eigenvalue weighted by atomic mass is 10.1. The second-order valence-corrected chi connectivity index (χ2v) is 9.29. The number of aromatic nitrogens is 2. The first-order valence-corrected chi connectivity index (χ1v) is 11.8. The lowest BCUT2D eigenvalue weighted by Gasteiger charge is -2.26. The second-order valence-electron chi connectivity index (χ2n) is 9.29. The number of likely N-dealkylation sites (tertiary alicyclic amines) is 1. The average molecular weight is 484 g/mol. The third-order valence-electron chi connectivity index (χ3n) is 5.96. The summed E-state index contributed by atoms with van der Waals surface area (Å²) in [5.74, 6) is 3.79. The maximum Gasteiger partial charge on any atom is 0.270 e. The minimum atomic E-state index is -1.31. The molecule has 1 saturated heterocycles. The highest BCUT2D eigenvalue weighted by Crippen LogP contribution is 2.35. The van der Waals surface area contributed by atoms with E-state index in [9.17, 15) is 19.1 Å². The van der Waals surface area contributed by atoms with Crippen molar-refractivity contribution < 1.29 is 23.8 Å². The summed E-state index contributed by atoms with van der Waals surface area (Å²) in [4.78, 5) is 32.0. The van der Waals surface area contributed by atoms with Crippen molar-refractivity contribution in [2.45, 2.75) is 45.3 Å². The zero-order chi connectivity index (χ0) is 25.2. The molecule has 2 amide bonds. The number of hydrogen-bond acceptors (Lipinski definition) is 6. The summed E-state index contributed by atoms with van der Waals surface area (Å²) < 4.78 is 22.0. The fraction of sp³-hybridized carbons (Fsp3) is 0.480. The average Bonchev–Trinajstić information content (AvgIpc) is 3.10. The first-order valence-electron chi connectivity index (χ1n) is 11.8. The number of carbonyl (C=O) groups is 2. The molecule has 0 atom stereocenters. The molecule has 0 radical (unpaired) electrons. The molecular formula is C25H30FN5O4. The number of carbonyl (C=O) groups excluding carboxylic acids is 2. The molecular weight excluding hydrogens is 453 g/mol. The van der Waals surface area contributed by atoms with Crippen LogP contribution in [-0.2, 0) is 6.54 Å². The summed E-state index contributed by atoms with van der Waals surface area (Å²) in [6.07, 6.45) is 3.53. The standard InChI is InChI=1S/C25H30FN5O4/c1-25(2,34)7-6-16-14-17-19(15-18(16)26)35-13-12-31-21(20(22(27)32)29-23(17)31)24(33)28-8-11-30-9-4-3-5-10-30/h14-15,34H,3-5,8-13H2,1-2H3,(H2,27,32)(H,28,33). The van der Waals surface area contributed by atoms with Crippen molar-refractivity contribution >= 4 is 11.8 Å². The van der Waals surface area contributed by atoms with Gasteiger partial charge in [0.25, 0.3) is 11.8 Å². The third kappa shape index (κ3) is 5.63. The van der Waals surface area contributed by atoms with Gasteiger partial charge < -0.3 is 30.4 Å². The van der Waals surface area contributed by atoms with Gasteiger partial charge in [-0.05, 0) is 45.8 Å². The smallest absolute Gasteiger partial charge is 0.270 e. The van der Waals surface area contributed by atoms with Crippen molar-refractivity contribution in [2.75, 3.05) is 32.8 Å². The minimum Gasteiger partial charge on any atom is -0.491 e. The lowest BCUT2D eigenvalue weighted by Crippen LogP contribution is -2.38. The highest BCUT2D eigenvalue weighted by atomic mass is 19.1. The number of primary amides is 1. The van der Waals surface area contributed by atoms with E-state index < -0.39 is 23.2 Å².